The lowest BCUT2D eigenvalue weighted by Gasteiger charge is -2.32. The molecule has 1 aromatic rings. The number of morpholine rings is 1. The van der Waals surface area contributed by atoms with E-state index in [0.717, 1.165) is 13.0 Å². The topological polar surface area (TPSA) is 49.9 Å². The molecule has 0 aromatic heterocycles. The van der Waals surface area contributed by atoms with E-state index in [9.17, 15) is 9.59 Å². The van der Waals surface area contributed by atoms with Gasteiger partial charge in [-0.15, -0.1) is 0 Å². The number of carbonyl (C=O) groups is 2. The molecule has 0 aliphatic carbocycles. The summed E-state index contributed by atoms with van der Waals surface area (Å²) in [5.41, 5.74) is 2.55. The molecular weight excluding hydrogens is 292 g/mol. The molecule has 23 heavy (non-hydrogen) atoms. The van der Waals surface area contributed by atoms with Crippen molar-refractivity contribution in [1.29, 1.82) is 0 Å². The number of rotatable bonds is 3. The zero-order valence-corrected chi connectivity index (χ0v) is 13.7. The van der Waals surface area contributed by atoms with Crippen LogP contribution in [-0.4, -0.2) is 54.0 Å². The molecule has 2 heterocycles. The largest absolute Gasteiger partial charge is 0.375 e. The van der Waals surface area contributed by atoms with Crippen LogP contribution in [0.15, 0.2) is 24.3 Å². The van der Waals surface area contributed by atoms with Gasteiger partial charge in [0.25, 0.3) is 0 Å². The fourth-order valence-corrected chi connectivity index (χ4v) is 3.28. The van der Waals surface area contributed by atoms with Gasteiger partial charge in [0.15, 0.2) is 0 Å². The van der Waals surface area contributed by atoms with E-state index in [1.165, 1.54) is 11.1 Å². The van der Waals surface area contributed by atoms with E-state index in [-0.39, 0.29) is 17.9 Å². The second kappa shape index (κ2) is 7.13. The molecule has 2 aliphatic rings. The van der Waals surface area contributed by atoms with Gasteiger partial charge in [-0.25, -0.2) is 0 Å². The normalized spacial score (nSPS) is 21.0. The van der Waals surface area contributed by atoms with Gasteiger partial charge in [0.05, 0.1) is 12.7 Å². The second-order valence-electron chi connectivity index (χ2n) is 6.36. The van der Waals surface area contributed by atoms with E-state index in [2.05, 4.69) is 12.1 Å². The summed E-state index contributed by atoms with van der Waals surface area (Å²) in [6.45, 7) is 5.23. The molecule has 1 aromatic carbocycles. The van der Waals surface area contributed by atoms with Crippen molar-refractivity contribution in [1.82, 2.24) is 9.80 Å². The van der Waals surface area contributed by atoms with Gasteiger partial charge >= 0.3 is 0 Å². The molecule has 0 N–H and O–H groups in total. The summed E-state index contributed by atoms with van der Waals surface area (Å²) >= 11 is 0. The van der Waals surface area contributed by atoms with Gasteiger partial charge in [-0.2, -0.15) is 0 Å². The molecule has 0 saturated carbocycles. The molecule has 0 radical (unpaired) electrons. The molecule has 1 saturated heterocycles. The van der Waals surface area contributed by atoms with Gasteiger partial charge in [-0.3, -0.25) is 9.59 Å². The van der Waals surface area contributed by atoms with Crippen LogP contribution in [0.2, 0.25) is 0 Å². The average Bonchev–Trinajstić information content (AvgIpc) is 2.59. The van der Waals surface area contributed by atoms with Gasteiger partial charge in [0.2, 0.25) is 11.8 Å². The Kier molecular flexibility index (Phi) is 4.96. The summed E-state index contributed by atoms with van der Waals surface area (Å²) in [4.78, 5) is 28.3. The fourth-order valence-electron chi connectivity index (χ4n) is 3.28. The first-order valence-electron chi connectivity index (χ1n) is 8.37. The number of ether oxygens (including phenoxy) is 1. The number of carbonyl (C=O) groups excluding carboxylic acids is 2. The molecule has 2 amide bonds. The Morgan fingerprint density at radius 2 is 1.78 bits per heavy atom. The van der Waals surface area contributed by atoms with E-state index < -0.39 is 0 Å². The van der Waals surface area contributed by atoms with Crippen molar-refractivity contribution in [2.75, 3.05) is 26.2 Å². The lowest BCUT2D eigenvalue weighted by atomic mass is 9.99. The average molecular weight is 316 g/mol. The number of hydrogen-bond donors (Lipinski definition) is 0. The van der Waals surface area contributed by atoms with Crippen LogP contribution >= 0.6 is 0 Å². The maximum atomic E-state index is 12.4. The van der Waals surface area contributed by atoms with Gasteiger partial charge in [-0.05, 0) is 24.5 Å². The highest BCUT2D eigenvalue weighted by molar-refractivity contribution is 5.84. The molecule has 5 heteroatoms. The minimum Gasteiger partial charge on any atom is -0.375 e. The summed E-state index contributed by atoms with van der Waals surface area (Å²) in [5, 5.41) is 0. The van der Waals surface area contributed by atoms with Crippen LogP contribution in [0, 0.1) is 0 Å². The molecule has 0 bridgehead atoms. The standard InChI is InChI=1S/C18H24N2O3/c1-14-12-20(10-11-23-14)18(22)7-6-17(21)19-9-8-15-4-2-3-5-16(15)13-19/h2-5,14H,6-13H2,1H3/t14-/m0/s1. The van der Waals surface area contributed by atoms with Crippen molar-refractivity contribution in [3.05, 3.63) is 35.4 Å². The van der Waals surface area contributed by atoms with Crippen molar-refractivity contribution < 1.29 is 14.3 Å². The summed E-state index contributed by atoms with van der Waals surface area (Å²) in [6.07, 6.45) is 1.58. The molecule has 0 unspecified atom stereocenters. The highest BCUT2D eigenvalue weighted by Gasteiger charge is 2.24. The van der Waals surface area contributed by atoms with E-state index in [4.69, 9.17) is 4.74 Å². The summed E-state index contributed by atoms with van der Waals surface area (Å²) in [5.74, 6) is 0.139. The Morgan fingerprint density at radius 3 is 2.52 bits per heavy atom. The first-order valence-corrected chi connectivity index (χ1v) is 8.37. The summed E-state index contributed by atoms with van der Waals surface area (Å²) < 4.78 is 5.44. The van der Waals surface area contributed by atoms with Crippen LogP contribution < -0.4 is 0 Å². The first kappa shape index (κ1) is 16.0. The Morgan fingerprint density at radius 1 is 1.09 bits per heavy atom. The predicted molar refractivity (Wildman–Crippen MR) is 86.8 cm³/mol. The number of fused-ring (bicyclic) bond motifs is 1. The zero-order valence-electron chi connectivity index (χ0n) is 13.7. The molecule has 0 spiro atoms. The number of hydrogen-bond acceptors (Lipinski definition) is 3. The van der Waals surface area contributed by atoms with E-state index in [1.54, 1.807) is 0 Å². The van der Waals surface area contributed by atoms with Crippen LogP contribution in [0.5, 0.6) is 0 Å². The Balaban J connectivity index is 1.49. The molecule has 1 fully saturated rings. The third kappa shape index (κ3) is 3.91. The van der Waals surface area contributed by atoms with Crippen LogP contribution in [0.1, 0.15) is 30.9 Å². The quantitative estimate of drug-likeness (QED) is 0.851. The fraction of sp³-hybridized carbons (Fsp3) is 0.556. The highest BCUT2D eigenvalue weighted by atomic mass is 16.5. The van der Waals surface area contributed by atoms with Crippen molar-refractivity contribution in [2.45, 2.75) is 38.8 Å². The van der Waals surface area contributed by atoms with Crippen LogP contribution in [-0.2, 0) is 27.3 Å². The van der Waals surface area contributed by atoms with Crippen LogP contribution in [0.3, 0.4) is 0 Å². The number of nitrogens with zero attached hydrogens (tertiary/aromatic N) is 2. The van der Waals surface area contributed by atoms with Crippen molar-refractivity contribution >= 4 is 11.8 Å². The monoisotopic (exact) mass is 316 g/mol. The van der Waals surface area contributed by atoms with Gasteiger partial charge in [-0.1, -0.05) is 24.3 Å². The number of benzene rings is 1. The van der Waals surface area contributed by atoms with E-state index in [1.807, 2.05) is 28.9 Å². The minimum absolute atomic E-state index is 0.0610. The molecule has 124 valence electrons. The van der Waals surface area contributed by atoms with Crippen molar-refractivity contribution in [3.8, 4) is 0 Å². The molecule has 2 aliphatic heterocycles. The third-order valence-electron chi connectivity index (χ3n) is 4.63. The highest BCUT2D eigenvalue weighted by Crippen LogP contribution is 2.19. The Hall–Kier alpha value is -1.88. The van der Waals surface area contributed by atoms with Gasteiger partial charge in [0, 0.05) is 39.0 Å². The minimum atomic E-state index is 0.0610. The smallest absolute Gasteiger partial charge is 0.223 e. The van der Waals surface area contributed by atoms with E-state index in [0.29, 0.717) is 39.1 Å². The third-order valence-corrected chi connectivity index (χ3v) is 4.63. The number of amides is 2. The molecule has 1 atom stereocenters. The Labute approximate surface area is 137 Å². The van der Waals surface area contributed by atoms with E-state index >= 15 is 0 Å². The SMILES string of the molecule is C[C@H]1CN(C(=O)CCC(=O)N2CCc3ccccc3C2)CCO1. The molecule has 3 rings (SSSR count). The zero-order chi connectivity index (χ0) is 16.2. The molecule has 5 nitrogen and oxygen atoms in total. The van der Waals surface area contributed by atoms with Gasteiger partial charge in [0.1, 0.15) is 0 Å². The summed E-state index contributed by atoms with van der Waals surface area (Å²) in [6, 6.07) is 8.25. The maximum absolute atomic E-state index is 12.4. The lowest BCUT2D eigenvalue weighted by molar-refractivity contribution is -0.141. The lowest BCUT2D eigenvalue weighted by Crippen LogP contribution is -2.45. The maximum Gasteiger partial charge on any atom is 0.223 e. The van der Waals surface area contributed by atoms with Gasteiger partial charge < -0.3 is 14.5 Å². The molecular formula is C18H24N2O3. The summed E-state index contributed by atoms with van der Waals surface area (Å²) in [7, 11) is 0. The van der Waals surface area contributed by atoms with Crippen molar-refractivity contribution in [3.63, 3.8) is 0 Å². The first-order chi connectivity index (χ1) is 11.1. The van der Waals surface area contributed by atoms with Crippen LogP contribution in [0.25, 0.3) is 0 Å². The Bertz CT molecular complexity index is 587. The van der Waals surface area contributed by atoms with Crippen LogP contribution in [0.4, 0.5) is 0 Å². The second-order valence-corrected chi connectivity index (χ2v) is 6.36. The predicted octanol–water partition coefficient (Wildman–Crippen LogP) is 1.60. The van der Waals surface area contributed by atoms with Crippen molar-refractivity contribution in [2.24, 2.45) is 0 Å².